The van der Waals surface area contributed by atoms with E-state index in [9.17, 15) is 0 Å². The number of aryl methyl sites for hydroxylation is 1. The van der Waals surface area contributed by atoms with Crippen LogP contribution in [-0.2, 0) is 0 Å². The number of hydrogen-bond acceptors (Lipinski definition) is 3. The molecule has 78 valence electrons. The van der Waals surface area contributed by atoms with Crippen molar-refractivity contribution in [2.45, 2.75) is 19.8 Å². The van der Waals surface area contributed by atoms with Crippen molar-refractivity contribution >= 4 is 5.57 Å². The average molecular weight is 201 g/mol. The molecule has 0 unspecified atom stereocenters. The molecule has 2 bridgehead atoms. The predicted octanol–water partition coefficient (Wildman–Crippen LogP) is 1.85. The van der Waals surface area contributed by atoms with Gasteiger partial charge in [-0.25, -0.2) is 0 Å². The van der Waals surface area contributed by atoms with Gasteiger partial charge in [0.05, 0.1) is 11.4 Å². The Labute approximate surface area is 89.8 Å². The van der Waals surface area contributed by atoms with E-state index < -0.39 is 0 Å². The number of piperidine rings is 1. The summed E-state index contributed by atoms with van der Waals surface area (Å²) in [6.07, 6.45) is 8.40. The third-order valence-electron chi connectivity index (χ3n) is 3.45. The van der Waals surface area contributed by atoms with Crippen LogP contribution in [0.3, 0.4) is 0 Å². The molecule has 1 aromatic heterocycles. The van der Waals surface area contributed by atoms with Gasteiger partial charge in [0.1, 0.15) is 0 Å². The molecule has 4 heterocycles. The number of aromatic nitrogens is 2. The quantitative estimate of drug-likeness (QED) is 0.694. The van der Waals surface area contributed by atoms with Gasteiger partial charge >= 0.3 is 0 Å². The molecule has 1 fully saturated rings. The van der Waals surface area contributed by atoms with E-state index in [-0.39, 0.29) is 0 Å². The van der Waals surface area contributed by atoms with Crippen LogP contribution in [0.25, 0.3) is 5.57 Å². The first kappa shape index (κ1) is 8.89. The zero-order valence-electron chi connectivity index (χ0n) is 8.98. The molecule has 0 aromatic carbocycles. The summed E-state index contributed by atoms with van der Waals surface area (Å²) in [6, 6.07) is 0. The number of rotatable bonds is 1. The minimum absolute atomic E-state index is 0.713. The Hall–Kier alpha value is -1.38. The highest BCUT2D eigenvalue weighted by atomic mass is 15.1. The van der Waals surface area contributed by atoms with Gasteiger partial charge in [-0.1, -0.05) is 0 Å². The van der Waals surface area contributed by atoms with Crippen LogP contribution in [0.2, 0.25) is 0 Å². The Bertz CT molecular complexity index is 403. The molecule has 0 aliphatic carbocycles. The average Bonchev–Trinajstić information content (AvgIpc) is 2.31. The van der Waals surface area contributed by atoms with Crippen LogP contribution in [0, 0.1) is 12.8 Å². The first-order chi connectivity index (χ1) is 7.34. The van der Waals surface area contributed by atoms with Gasteiger partial charge in [-0.2, -0.15) is 0 Å². The highest BCUT2D eigenvalue weighted by Crippen LogP contribution is 2.36. The molecule has 0 atom stereocenters. The fraction of sp³-hybridized carbons (Fsp3) is 0.500. The Morgan fingerprint density at radius 2 is 1.93 bits per heavy atom. The maximum absolute atomic E-state index is 4.46. The van der Waals surface area contributed by atoms with E-state index in [2.05, 4.69) is 21.1 Å². The minimum Gasteiger partial charge on any atom is -0.377 e. The van der Waals surface area contributed by atoms with Gasteiger partial charge < -0.3 is 4.90 Å². The Morgan fingerprint density at radius 3 is 2.53 bits per heavy atom. The van der Waals surface area contributed by atoms with Crippen molar-refractivity contribution in [1.82, 2.24) is 14.9 Å². The second-order valence-electron chi connectivity index (χ2n) is 4.39. The molecular formula is C12H15N3. The standard InChI is InChI=1S/C12H15N3/c1-9-12(14-5-4-13-9)11-8-15-6-2-10(11)3-7-15/h4-5,8,10H,2-3,6-7H2,1H3. The number of fused-ring (bicyclic) bond motifs is 2. The summed E-state index contributed by atoms with van der Waals surface area (Å²) in [5.41, 5.74) is 3.56. The molecule has 3 aliphatic rings. The summed E-state index contributed by atoms with van der Waals surface area (Å²) < 4.78 is 0. The summed E-state index contributed by atoms with van der Waals surface area (Å²) in [5.74, 6) is 0.713. The molecule has 3 nitrogen and oxygen atoms in total. The first-order valence-electron chi connectivity index (χ1n) is 5.58. The molecule has 0 N–H and O–H groups in total. The van der Waals surface area contributed by atoms with Crippen LogP contribution >= 0.6 is 0 Å². The highest BCUT2D eigenvalue weighted by Gasteiger charge is 2.29. The van der Waals surface area contributed by atoms with Crippen LogP contribution in [0.15, 0.2) is 18.6 Å². The van der Waals surface area contributed by atoms with Crippen molar-refractivity contribution in [3.05, 3.63) is 30.0 Å². The summed E-state index contributed by atoms with van der Waals surface area (Å²) in [5, 5.41) is 0. The molecular weight excluding hydrogens is 186 g/mol. The normalized spacial score (nSPS) is 20.6. The van der Waals surface area contributed by atoms with Crippen molar-refractivity contribution in [1.29, 1.82) is 0 Å². The van der Waals surface area contributed by atoms with Crippen molar-refractivity contribution in [2.24, 2.45) is 5.92 Å². The second kappa shape index (κ2) is 3.33. The molecule has 0 amide bonds. The topological polar surface area (TPSA) is 29.0 Å². The maximum Gasteiger partial charge on any atom is 0.0891 e. The SMILES string of the molecule is Cc1nccnc1C1=CN2CCC1CC2. The molecule has 3 aliphatic heterocycles. The van der Waals surface area contributed by atoms with Gasteiger partial charge in [0, 0.05) is 31.7 Å². The van der Waals surface area contributed by atoms with E-state index in [0.29, 0.717) is 5.92 Å². The fourth-order valence-corrected chi connectivity index (χ4v) is 2.59. The van der Waals surface area contributed by atoms with Crippen molar-refractivity contribution in [3.63, 3.8) is 0 Å². The van der Waals surface area contributed by atoms with Gasteiger partial charge in [-0.05, 0) is 31.3 Å². The number of allylic oxidation sites excluding steroid dienone is 1. The zero-order valence-corrected chi connectivity index (χ0v) is 8.98. The molecule has 0 spiro atoms. The molecule has 4 rings (SSSR count). The van der Waals surface area contributed by atoms with Crippen molar-refractivity contribution < 1.29 is 0 Å². The molecule has 1 saturated heterocycles. The largest absolute Gasteiger partial charge is 0.377 e. The molecule has 0 saturated carbocycles. The third-order valence-corrected chi connectivity index (χ3v) is 3.45. The van der Waals surface area contributed by atoms with E-state index in [4.69, 9.17) is 0 Å². The van der Waals surface area contributed by atoms with Gasteiger partial charge in [0.2, 0.25) is 0 Å². The van der Waals surface area contributed by atoms with Crippen LogP contribution in [0.1, 0.15) is 24.2 Å². The second-order valence-corrected chi connectivity index (χ2v) is 4.39. The van der Waals surface area contributed by atoms with Crippen LogP contribution < -0.4 is 0 Å². The summed E-state index contributed by atoms with van der Waals surface area (Å²) in [4.78, 5) is 11.2. The monoisotopic (exact) mass is 201 g/mol. The van der Waals surface area contributed by atoms with Gasteiger partial charge in [0.25, 0.3) is 0 Å². The zero-order chi connectivity index (χ0) is 10.3. The molecule has 0 radical (unpaired) electrons. The Balaban J connectivity index is 2.04. The molecule has 1 aromatic rings. The lowest BCUT2D eigenvalue weighted by molar-refractivity contribution is 0.252. The lowest BCUT2D eigenvalue weighted by Gasteiger charge is -2.39. The smallest absolute Gasteiger partial charge is 0.0891 e. The van der Waals surface area contributed by atoms with Gasteiger partial charge in [-0.15, -0.1) is 0 Å². The molecule has 15 heavy (non-hydrogen) atoms. The van der Waals surface area contributed by atoms with Gasteiger partial charge in [0.15, 0.2) is 0 Å². The summed E-state index contributed by atoms with van der Waals surface area (Å²) in [7, 11) is 0. The Morgan fingerprint density at radius 1 is 1.20 bits per heavy atom. The lowest BCUT2D eigenvalue weighted by Crippen LogP contribution is -2.35. The van der Waals surface area contributed by atoms with Crippen LogP contribution in [-0.4, -0.2) is 28.0 Å². The lowest BCUT2D eigenvalue weighted by atomic mass is 9.84. The van der Waals surface area contributed by atoms with E-state index >= 15 is 0 Å². The minimum atomic E-state index is 0.713. The Kier molecular flexibility index (Phi) is 1.97. The third kappa shape index (κ3) is 1.42. The predicted molar refractivity (Wildman–Crippen MR) is 59.0 cm³/mol. The highest BCUT2D eigenvalue weighted by molar-refractivity contribution is 5.67. The van der Waals surface area contributed by atoms with E-state index in [0.717, 1.165) is 11.4 Å². The van der Waals surface area contributed by atoms with Crippen molar-refractivity contribution in [2.75, 3.05) is 13.1 Å². The fourth-order valence-electron chi connectivity index (χ4n) is 2.59. The first-order valence-corrected chi connectivity index (χ1v) is 5.58. The summed E-state index contributed by atoms with van der Waals surface area (Å²) in [6.45, 7) is 4.47. The number of nitrogens with zero attached hydrogens (tertiary/aromatic N) is 3. The van der Waals surface area contributed by atoms with E-state index in [1.165, 1.54) is 31.5 Å². The van der Waals surface area contributed by atoms with Crippen LogP contribution in [0.5, 0.6) is 0 Å². The summed E-state index contributed by atoms with van der Waals surface area (Å²) >= 11 is 0. The van der Waals surface area contributed by atoms with Gasteiger partial charge in [-0.3, -0.25) is 9.97 Å². The maximum atomic E-state index is 4.46. The van der Waals surface area contributed by atoms with E-state index in [1.54, 1.807) is 12.4 Å². The number of hydrogen-bond donors (Lipinski definition) is 0. The molecule has 3 heteroatoms. The van der Waals surface area contributed by atoms with E-state index in [1.807, 2.05) is 6.92 Å². The van der Waals surface area contributed by atoms with Crippen LogP contribution in [0.4, 0.5) is 0 Å². The van der Waals surface area contributed by atoms with Crippen molar-refractivity contribution in [3.8, 4) is 0 Å².